The van der Waals surface area contributed by atoms with E-state index in [-0.39, 0.29) is 5.60 Å². The number of rotatable bonds is 6. The van der Waals surface area contributed by atoms with E-state index in [0.717, 1.165) is 35.0 Å². The van der Waals surface area contributed by atoms with Crippen LogP contribution in [-0.2, 0) is 0 Å². The second-order valence-corrected chi connectivity index (χ2v) is 5.84. The van der Waals surface area contributed by atoms with Gasteiger partial charge in [-0.05, 0) is 68.3 Å². The standard InChI is InChI=1S/C18H22O2S/c1-4-18(3,5-2)20-16-8-6-14(7-9-16)19-15-10-12-17(21)13-11-15/h6-13,21H,4-5H2,1-3H3. The van der Waals surface area contributed by atoms with E-state index in [1.54, 1.807) is 0 Å². The quantitative estimate of drug-likeness (QED) is 0.687. The highest BCUT2D eigenvalue weighted by atomic mass is 32.1. The summed E-state index contributed by atoms with van der Waals surface area (Å²) in [6.07, 6.45) is 1.97. The first-order chi connectivity index (χ1) is 10.0. The highest BCUT2D eigenvalue weighted by molar-refractivity contribution is 7.80. The van der Waals surface area contributed by atoms with Crippen LogP contribution in [0.5, 0.6) is 17.2 Å². The largest absolute Gasteiger partial charge is 0.488 e. The molecule has 0 unspecified atom stereocenters. The molecule has 2 aromatic rings. The van der Waals surface area contributed by atoms with Crippen molar-refractivity contribution < 1.29 is 9.47 Å². The topological polar surface area (TPSA) is 18.5 Å². The average molecular weight is 302 g/mol. The minimum absolute atomic E-state index is 0.106. The van der Waals surface area contributed by atoms with Gasteiger partial charge in [-0.15, -0.1) is 12.6 Å². The molecule has 0 radical (unpaired) electrons. The maximum atomic E-state index is 6.06. The van der Waals surface area contributed by atoms with Crippen molar-refractivity contribution in [2.45, 2.75) is 44.1 Å². The Hall–Kier alpha value is -1.61. The van der Waals surface area contributed by atoms with E-state index in [0.29, 0.717) is 0 Å². The van der Waals surface area contributed by atoms with Crippen LogP contribution < -0.4 is 9.47 Å². The SMILES string of the molecule is CCC(C)(CC)Oc1ccc(Oc2ccc(S)cc2)cc1. The Balaban J connectivity index is 2.03. The summed E-state index contributed by atoms with van der Waals surface area (Å²) in [5.41, 5.74) is -0.106. The molecule has 0 N–H and O–H groups in total. The van der Waals surface area contributed by atoms with Gasteiger partial charge in [0.2, 0.25) is 0 Å². The second-order valence-electron chi connectivity index (χ2n) is 5.33. The summed E-state index contributed by atoms with van der Waals surface area (Å²) in [5, 5.41) is 0. The molecule has 0 spiro atoms. The van der Waals surface area contributed by atoms with E-state index in [1.165, 1.54) is 0 Å². The molecule has 112 valence electrons. The summed E-state index contributed by atoms with van der Waals surface area (Å²) in [4.78, 5) is 0.921. The first kappa shape index (κ1) is 15.8. The molecule has 0 atom stereocenters. The number of hydrogen-bond acceptors (Lipinski definition) is 3. The first-order valence-corrected chi connectivity index (χ1v) is 7.75. The zero-order valence-corrected chi connectivity index (χ0v) is 13.7. The molecule has 0 saturated carbocycles. The third kappa shape index (κ3) is 4.43. The lowest BCUT2D eigenvalue weighted by molar-refractivity contribution is 0.0802. The van der Waals surface area contributed by atoms with E-state index in [4.69, 9.17) is 9.47 Å². The molecular weight excluding hydrogens is 280 g/mol. The second kappa shape index (κ2) is 6.90. The summed E-state index contributed by atoms with van der Waals surface area (Å²) in [5.74, 6) is 2.47. The predicted molar refractivity (Wildman–Crippen MR) is 89.8 cm³/mol. The Labute approximate surface area is 132 Å². The third-order valence-electron chi connectivity index (χ3n) is 3.76. The summed E-state index contributed by atoms with van der Waals surface area (Å²) < 4.78 is 11.8. The van der Waals surface area contributed by atoms with Crippen LogP contribution in [0.3, 0.4) is 0 Å². The monoisotopic (exact) mass is 302 g/mol. The van der Waals surface area contributed by atoms with Crippen LogP contribution in [0.1, 0.15) is 33.6 Å². The molecule has 0 aromatic heterocycles. The summed E-state index contributed by atoms with van der Waals surface area (Å²) in [6, 6.07) is 15.4. The van der Waals surface area contributed by atoms with Gasteiger partial charge in [-0.25, -0.2) is 0 Å². The van der Waals surface area contributed by atoms with Crippen molar-refractivity contribution in [1.29, 1.82) is 0 Å². The molecule has 0 aliphatic rings. The maximum Gasteiger partial charge on any atom is 0.127 e. The molecule has 21 heavy (non-hydrogen) atoms. The maximum absolute atomic E-state index is 6.06. The first-order valence-electron chi connectivity index (χ1n) is 7.30. The number of hydrogen-bond donors (Lipinski definition) is 1. The van der Waals surface area contributed by atoms with Crippen LogP contribution in [0.25, 0.3) is 0 Å². The smallest absolute Gasteiger partial charge is 0.127 e. The molecule has 0 aliphatic carbocycles. The van der Waals surface area contributed by atoms with Crippen LogP contribution in [0.4, 0.5) is 0 Å². The molecule has 2 nitrogen and oxygen atoms in total. The van der Waals surface area contributed by atoms with Gasteiger partial charge < -0.3 is 9.47 Å². The predicted octanol–water partition coefficient (Wildman–Crippen LogP) is 5.73. The van der Waals surface area contributed by atoms with Crippen molar-refractivity contribution >= 4 is 12.6 Å². The van der Waals surface area contributed by atoms with Gasteiger partial charge in [0, 0.05) is 4.90 Å². The normalized spacial score (nSPS) is 11.2. The van der Waals surface area contributed by atoms with Crippen molar-refractivity contribution in [3.05, 3.63) is 48.5 Å². The van der Waals surface area contributed by atoms with Crippen molar-refractivity contribution in [3.8, 4) is 17.2 Å². The van der Waals surface area contributed by atoms with Gasteiger partial charge in [0.05, 0.1) is 0 Å². The fraction of sp³-hybridized carbons (Fsp3) is 0.333. The van der Waals surface area contributed by atoms with Gasteiger partial charge >= 0.3 is 0 Å². The van der Waals surface area contributed by atoms with E-state index in [9.17, 15) is 0 Å². The van der Waals surface area contributed by atoms with Crippen molar-refractivity contribution in [2.75, 3.05) is 0 Å². The van der Waals surface area contributed by atoms with Gasteiger partial charge in [0.25, 0.3) is 0 Å². The Morgan fingerprint density at radius 3 is 1.71 bits per heavy atom. The highest BCUT2D eigenvalue weighted by Crippen LogP contribution is 2.28. The van der Waals surface area contributed by atoms with Crippen molar-refractivity contribution in [3.63, 3.8) is 0 Å². The minimum atomic E-state index is -0.106. The van der Waals surface area contributed by atoms with Gasteiger partial charge in [-0.3, -0.25) is 0 Å². The fourth-order valence-electron chi connectivity index (χ4n) is 1.90. The van der Waals surface area contributed by atoms with E-state index in [1.807, 2.05) is 48.5 Å². The molecule has 0 bridgehead atoms. The summed E-state index contributed by atoms with van der Waals surface area (Å²) in [6.45, 7) is 6.43. The lowest BCUT2D eigenvalue weighted by atomic mass is 10.00. The van der Waals surface area contributed by atoms with Crippen LogP contribution in [0.15, 0.2) is 53.4 Å². The molecule has 0 saturated heterocycles. The fourth-order valence-corrected chi connectivity index (χ4v) is 2.05. The van der Waals surface area contributed by atoms with Gasteiger partial charge in [0.1, 0.15) is 22.8 Å². The molecule has 0 amide bonds. The van der Waals surface area contributed by atoms with E-state index in [2.05, 4.69) is 33.4 Å². The Bertz CT molecular complexity index is 557. The van der Waals surface area contributed by atoms with Gasteiger partial charge in [-0.2, -0.15) is 0 Å². The number of benzene rings is 2. The van der Waals surface area contributed by atoms with Crippen LogP contribution in [-0.4, -0.2) is 5.60 Å². The number of ether oxygens (including phenoxy) is 2. The zero-order chi connectivity index (χ0) is 15.3. The van der Waals surface area contributed by atoms with Gasteiger partial charge in [0.15, 0.2) is 0 Å². The van der Waals surface area contributed by atoms with Crippen molar-refractivity contribution in [1.82, 2.24) is 0 Å². The molecule has 3 heteroatoms. The molecular formula is C18H22O2S. The Morgan fingerprint density at radius 2 is 1.24 bits per heavy atom. The third-order valence-corrected chi connectivity index (χ3v) is 4.05. The highest BCUT2D eigenvalue weighted by Gasteiger charge is 2.21. The van der Waals surface area contributed by atoms with Crippen LogP contribution >= 0.6 is 12.6 Å². The summed E-state index contributed by atoms with van der Waals surface area (Å²) >= 11 is 4.26. The lowest BCUT2D eigenvalue weighted by Crippen LogP contribution is -2.30. The molecule has 0 fully saturated rings. The van der Waals surface area contributed by atoms with Crippen LogP contribution in [0.2, 0.25) is 0 Å². The molecule has 2 aromatic carbocycles. The average Bonchev–Trinajstić information content (AvgIpc) is 2.51. The molecule has 0 aliphatic heterocycles. The Morgan fingerprint density at radius 1 is 0.810 bits per heavy atom. The Kier molecular flexibility index (Phi) is 5.18. The van der Waals surface area contributed by atoms with Crippen molar-refractivity contribution in [2.24, 2.45) is 0 Å². The van der Waals surface area contributed by atoms with Gasteiger partial charge in [-0.1, -0.05) is 13.8 Å². The molecule has 2 rings (SSSR count). The minimum Gasteiger partial charge on any atom is -0.488 e. The van der Waals surface area contributed by atoms with E-state index < -0.39 is 0 Å². The zero-order valence-electron chi connectivity index (χ0n) is 12.8. The van der Waals surface area contributed by atoms with Crippen LogP contribution in [0, 0.1) is 0 Å². The lowest BCUT2D eigenvalue weighted by Gasteiger charge is -2.28. The van der Waals surface area contributed by atoms with E-state index >= 15 is 0 Å². The number of thiol groups is 1. The summed E-state index contributed by atoms with van der Waals surface area (Å²) in [7, 11) is 0. The molecule has 0 heterocycles.